The predicted octanol–water partition coefficient (Wildman–Crippen LogP) is 7.14. The van der Waals surface area contributed by atoms with Crippen molar-refractivity contribution in [2.24, 2.45) is 76.9 Å². The maximum Gasteiger partial charge on any atom is -0.0352 e. The molecule has 0 nitrogen and oxygen atoms in total. The quantitative estimate of drug-likeness (QED) is 0.417. The lowest BCUT2D eigenvalue weighted by Gasteiger charge is -2.25. The molecule has 0 saturated heterocycles. The Hall–Kier alpha value is 0. The molecule has 25 heavy (non-hydrogen) atoms. The van der Waals surface area contributed by atoms with E-state index in [0.717, 1.165) is 76.9 Å². The van der Waals surface area contributed by atoms with Crippen molar-refractivity contribution in [1.82, 2.24) is 0 Å². The maximum absolute atomic E-state index is 2.60. The Morgan fingerprint density at radius 3 is 1.68 bits per heavy atom. The molecule has 0 spiro atoms. The van der Waals surface area contributed by atoms with Crippen molar-refractivity contribution in [3.63, 3.8) is 0 Å². The number of hydrogen-bond donors (Lipinski definition) is 0. The Balaban J connectivity index is 1.21. The molecule has 4 saturated carbocycles. The normalized spacial score (nSPS) is 49.4. The average Bonchev–Trinajstić information content (AvgIpc) is 3.41. The van der Waals surface area contributed by atoms with Gasteiger partial charge in [-0.15, -0.1) is 0 Å². The highest BCUT2D eigenvalue weighted by atomic mass is 14.6. The third-order valence-corrected chi connectivity index (χ3v) is 9.77. The highest BCUT2D eigenvalue weighted by molar-refractivity contribution is 5.03. The molecular weight excluding hydrogens is 300 g/mol. The molecule has 0 aromatic heterocycles. The first-order valence-corrected chi connectivity index (χ1v) is 11.8. The van der Waals surface area contributed by atoms with Gasteiger partial charge in [0.05, 0.1) is 0 Å². The smallest absolute Gasteiger partial charge is 0.0352 e. The maximum atomic E-state index is 2.60. The van der Waals surface area contributed by atoms with E-state index in [-0.39, 0.29) is 0 Å². The van der Waals surface area contributed by atoms with Crippen LogP contribution in [-0.4, -0.2) is 0 Å². The zero-order chi connectivity index (χ0) is 18.0. The lowest BCUT2D eigenvalue weighted by atomic mass is 9.81. The minimum atomic E-state index is 0.911. The summed E-state index contributed by atoms with van der Waals surface area (Å²) in [5, 5.41) is 0. The topological polar surface area (TPSA) is 0 Å². The first-order chi connectivity index (χ1) is 11.8. The highest BCUT2D eigenvalue weighted by Crippen LogP contribution is 2.61. The summed E-state index contributed by atoms with van der Waals surface area (Å²) in [4.78, 5) is 0. The van der Waals surface area contributed by atoms with Crippen molar-refractivity contribution in [2.75, 3.05) is 0 Å². The van der Waals surface area contributed by atoms with Crippen LogP contribution in [0.25, 0.3) is 0 Å². The zero-order valence-electron chi connectivity index (χ0n) is 18.0. The molecule has 4 aliphatic carbocycles. The fourth-order valence-corrected chi connectivity index (χ4v) is 6.96. The molecule has 4 rings (SSSR count). The molecule has 4 aliphatic rings. The van der Waals surface area contributed by atoms with E-state index in [9.17, 15) is 0 Å². The van der Waals surface area contributed by atoms with Crippen LogP contribution in [0.3, 0.4) is 0 Å². The summed E-state index contributed by atoms with van der Waals surface area (Å²) in [6.07, 6.45) is 7.73. The van der Waals surface area contributed by atoms with Gasteiger partial charge in [-0.25, -0.2) is 0 Å². The summed E-state index contributed by atoms with van der Waals surface area (Å²) in [6.45, 7) is 17.7. The van der Waals surface area contributed by atoms with Crippen LogP contribution in [0.2, 0.25) is 0 Å². The lowest BCUT2D eigenvalue weighted by Crippen LogP contribution is -2.18. The van der Waals surface area contributed by atoms with Crippen molar-refractivity contribution in [3.8, 4) is 0 Å². The Bertz CT molecular complexity index is 478. The van der Waals surface area contributed by atoms with Crippen molar-refractivity contribution in [1.29, 1.82) is 0 Å². The monoisotopic (exact) mass is 344 g/mol. The largest absolute Gasteiger partial charge is 0.0625 e. The second-order valence-electron chi connectivity index (χ2n) is 11.7. The van der Waals surface area contributed by atoms with Crippen molar-refractivity contribution < 1.29 is 0 Å². The second kappa shape index (κ2) is 6.56. The molecule has 4 fully saturated rings. The Kier molecular flexibility index (Phi) is 4.82. The summed E-state index contributed by atoms with van der Waals surface area (Å²) in [7, 11) is 0. The Morgan fingerprint density at radius 1 is 0.640 bits per heavy atom. The van der Waals surface area contributed by atoms with E-state index in [1.165, 1.54) is 6.42 Å². The van der Waals surface area contributed by atoms with Crippen LogP contribution in [0.15, 0.2) is 0 Å². The third kappa shape index (κ3) is 3.70. The summed E-state index contributed by atoms with van der Waals surface area (Å²) < 4.78 is 0. The van der Waals surface area contributed by atoms with Crippen molar-refractivity contribution >= 4 is 0 Å². The van der Waals surface area contributed by atoms with Crippen LogP contribution in [-0.2, 0) is 0 Å². The minimum Gasteiger partial charge on any atom is -0.0625 e. The number of rotatable bonds is 9. The molecule has 0 aromatic rings. The van der Waals surface area contributed by atoms with Crippen LogP contribution in [0, 0.1) is 76.9 Å². The van der Waals surface area contributed by atoms with Gasteiger partial charge in [0.2, 0.25) is 0 Å². The molecular formula is C25H44. The second-order valence-corrected chi connectivity index (χ2v) is 11.7. The van der Waals surface area contributed by atoms with Crippen LogP contribution >= 0.6 is 0 Å². The van der Waals surface area contributed by atoms with E-state index in [4.69, 9.17) is 0 Å². The van der Waals surface area contributed by atoms with Gasteiger partial charge in [0.15, 0.2) is 0 Å². The van der Waals surface area contributed by atoms with Gasteiger partial charge in [0.1, 0.15) is 0 Å². The van der Waals surface area contributed by atoms with Crippen molar-refractivity contribution in [3.05, 3.63) is 0 Å². The average molecular weight is 345 g/mol. The predicted molar refractivity (Wildman–Crippen MR) is 108 cm³/mol. The van der Waals surface area contributed by atoms with Gasteiger partial charge in [-0.05, 0) is 109 Å². The molecule has 0 radical (unpaired) electrons. The first-order valence-electron chi connectivity index (χ1n) is 11.8. The molecule has 0 aromatic carbocycles. The van der Waals surface area contributed by atoms with E-state index in [1.54, 1.807) is 25.7 Å². The van der Waals surface area contributed by atoms with E-state index in [1.807, 2.05) is 0 Å². The third-order valence-electron chi connectivity index (χ3n) is 9.77. The van der Waals surface area contributed by atoms with Crippen LogP contribution in [0.5, 0.6) is 0 Å². The first kappa shape index (κ1) is 18.4. The molecule has 12 atom stereocenters. The molecule has 0 heterocycles. The van der Waals surface area contributed by atoms with E-state index >= 15 is 0 Å². The molecule has 0 aliphatic heterocycles. The summed E-state index contributed by atoms with van der Waals surface area (Å²) in [5.74, 6) is 13.4. The van der Waals surface area contributed by atoms with Gasteiger partial charge in [0, 0.05) is 0 Å². The molecule has 144 valence electrons. The van der Waals surface area contributed by atoms with Gasteiger partial charge in [0.25, 0.3) is 0 Å². The fourth-order valence-electron chi connectivity index (χ4n) is 6.96. The Labute approximate surface area is 157 Å². The van der Waals surface area contributed by atoms with Gasteiger partial charge < -0.3 is 0 Å². The van der Waals surface area contributed by atoms with E-state index in [0.29, 0.717) is 0 Å². The Morgan fingerprint density at radius 2 is 1.16 bits per heavy atom. The minimum absolute atomic E-state index is 0.911. The van der Waals surface area contributed by atoms with E-state index < -0.39 is 0 Å². The zero-order valence-corrected chi connectivity index (χ0v) is 18.0. The van der Waals surface area contributed by atoms with Crippen molar-refractivity contribution in [2.45, 2.75) is 80.6 Å². The van der Waals surface area contributed by atoms with Crippen LogP contribution < -0.4 is 0 Å². The lowest BCUT2D eigenvalue weighted by molar-refractivity contribution is 0.238. The van der Waals surface area contributed by atoms with Gasteiger partial charge in [-0.3, -0.25) is 0 Å². The molecule has 0 N–H and O–H groups in total. The molecule has 0 amide bonds. The van der Waals surface area contributed by atoms with Gasteiger partial charge in [-0.2, -0.15) is 0 Å². The summed E-state index contributed by atoms with van der Waals surface area (Å²) in [6, 6.07) is 0. The van der Waals surface area contributed by atoms with Crippen LogP contribution in [0.1, 0.15) is 80.6 Å². The standard InChI is InChI=1S/C25H44/c1-13(2)20-11-23(20)17(6)18(7)24-12-22(24)16(5)14(3)8-19-10-25(19)21-9-15(21)4/h13-25H,8-12H2,1-7H3. The SMILES string of the molecule is CC(C)C1CC1C(C)C(C)C1CC1C(C)C(C)CC1CC1C1CC1C. The fraction of sp³-hybridized carbons (Fsp3) is 1.00. The van der Waals surface area contributed by atoms with Gasteiger partial charge >= 0.3 is 0 Å². The summed E-state index contributed by atoms with van der Waals surface area (Å²) in [5.41, 5.74) is 0. The molecule has 12 unspecified atom stereocenters. The number of hydrogen-bond acceptors (Lipinski definition) is 0. The highest BCUT2D eigenvalue weighted by Gasteiger charge is 2.54. The van der Waals surface area contributed by atoms with Crippen LogP contribution in [0.4, 0.5) is 0 Å². The molecule has 0 heteroatoms. The summed E-state index contributed by atoms with van der Waals surface area (Å²) >= 11 is 0. The van der Waals surface area contributed by atoms with Gasteiger partial charge in [-0.1, -0.05) is 48.5 Å². The van der Waals surface area contributed by atoms with E-state index in [2.05, 4.69) is 48.5 Å². The molecule has 0 bridgehead atoms.